The van der Waals surface area contributed by atoms with Crippen molar-refractivity contribution >= 4 is 11.8 Å². The van der Waals surface area contributed by atoms with Gasteiger partial charge in [0.05, 0.1) is 6.10 Å². The molecule has 25 heavy (non-hydrogen) atoms. The van der Waals surface area contributed by atoms with Gasteiger partial charge in [-0.1, -0.05) is 12.1 Å². The van der Waals surface area contributed by atoms with E-state index in [-0.39, 0.29) is 29.9 Å². The van der Waals surface area contributed by atoms with E-state index in [1.807, 2.05) is 32.9 Å². The molecule has 0 bridgehead atoms. The van der Waals surface area contributed by atoms with E-state index in [0.29, 0.717) is 13.0 Å². The lowest BCUT2D eigenvalue weighted by molar-refractivity contribution is -0.139. The summed E-state index contributed by atoms with van der Waals surface area (Å²) in [6.07, 6.45) is 3.02. The lowest BCUT2D eigenvalue weighted by Gasteiger charge is -2.28. The number of ether oxygens (including phenoxy) is 1. The molecule has 0 radical (unpaired) electrons. The smallest absolute Gasteiger partial charge is 0.223 e. The van der Waals surface area contributed by atoms with E-state index in [4.69, 9.17) is 4.74 Å². The maximum atomic E-state index is 12.3. The Labute approximate surface area is 150 Å². The number of likely N-dealkylation sites (tertiary alicyclic amines) is 1. The lowest BCUT2D eigenvalue weighted by atomic mass is 9.95. The summed E-state index contributed by atoms with van der Waals surface area (Å²) in [7, 11) is 1.79. The molecule has 1 N–H and O–H groups in total. The summed E-state index contributed by atoms with van der Waals surface area (Å²) in [5.74, 6) is 0.767. The largest absolute Gasteiger partial charge is 0.491 e. The Balaban J connectivity index is 1.75. The van der Waals surface area contributed by atoms with E-state index >= 15 is 0 Å². The van der Waals surface area contributed by atoms with Crippen molar-refractivity contribution in [3.63, 3.8) is 0 Å². The van der Waals surface area contributed by atoms with Crippen LogP contribution < -0.4 is 10.1 Å². The summed E-state index contributed by atoms with van der Waals surface area (Å²) >= 11 is 0. The molecule has 0 aliphatic carbocycles. The Bertz CT molecular complexity index is 583. The zero-order chi connectivity index (χ0) is 18.4. The van der Waals surface area contributed by atoms with Crippen LogP contribution in [-0.4, -0.2) is 42.5 Å². The highest BCUT2D eigenvalue weighted by Crippen LogP contribution is 2.18. The maximum absolute atomic E-state index is 12.3. The number of hydrogen-bond donors (Lipinski definition) is 1. The third-order valence-corrected chi connectivity index (χ3v) is 4.58. The van der Waals surface area contributed by atoms with Crippen molar-refractivity contribution in [2.24, 2.45) is 5.92 Å². The predicted molar refractivity (Wildman–Crippen MR) is 98.5 cm³/mol. The molecule has 2 rings (SSSR count). The predicted octanol–water partition coefficient (Wildman–Crippen LogP) is 2.78. The molecular formula is C20H30N2O3. The van der Waals surface area contributed by atoms with Crippen molar-refractivity contribution < 1.29 is 14.3 Å². The molecule has 0 spiro atoms. The van der Waals surface area contributed by atoms with Gasteiger partial charge >= 0.3 is 0 Å². The molecule has 0 saturated carbocycles. The number of carbonyl (C=O) groups is 2. The van der Waals surface area contributed by atoms with Crippen LogP contribution in [0.5, 0.6) is 5.75 Å². The molecule has 5 heteroatoms. The molecule has 1 aliphatic rings. The van der Waals surface area contributed by atoms with Crippen molar-refractivity contribution in [3.05, 3.63) is 29.8 Å². The van der Waals surface area contributed by atoms with Crippen LogP contribution in [0.3, 0.4) is 0 Å². The Kier molecular flexibility index (Phi) is 6.85. The fraction of sp³-hybridized carbons (Fsp3) is 0.600. The van der Waals surface area contributed by atoms with Gasteiger partial charge in [-0.25, -0.2) is 0 Å². The number of piperidine rings is 1. The average Bonchev–Trinajstić information content (AvgIpc) is 2.56. The fourth-order valence-electron chi connectivity index (χ4n) is 2.99. The lowest BCUT2D eigenvalue weighted by Crippen LogP contribution is -2.44. The van der Waals surface area contributed by atoms with Gasteiger partial charge in [-0.15, -0.1) is 0 Å². The SMILES string of the molecule is CC(C)Oc1ccc(CC[C@@H](C)NC(=O)[C@@H]2CCN(C)C(=O)C2)cc1. The molecule has 0 aromatic heterocycles. The minimum absolute atomic E-state index is 0.00892. The topological polar surface area (TPSA) is 58.6 Å². The summed E-state index contributed by atoms with van der Waals surface area (Å²) in [4.78, 5) is 25.8. The zero-order valence-corrected chi connectivity index (χ0v) is 15.7. The summed E-state index contributed by atoms with van der Waals surface area (Å²) in [5, 5.41) is 3.06. The Morgan fingerprint density at radius 1 is 1.28 bits per heavy atom. The average molecular weight is 346 g/mol. The molecule has 1 fully saturated rings. The number of nitrogens with one attached hydrogen (secondary N) is 1. The van der Waals surface area contributed by atoms with Crippen LogP contribution in [0.2, 0.25) is 0 Å². The minimum atomic E-state index is -0.182. The normalized spacial score (nSPS) is 19.0. The second-order valence-electron chi connectivity index (χ2n) is 7.26. The Morgan fingerprint density at radius 2 is 1.96 bits per heavy atom. The number of carbonyl (C=O) groups excluding carboxylic acids is 2. The van der Waals surface area contributed by atoms with E-state index in [9.17, 15) is 9.59 Å². The highest BCUT2D eigenvalue weighted by atomic mass is 16.5. The van der Waals surface area contributed by atoms with Gasteiger partial charge in [0.15, 0.2) is 0 Å². The molecule has 1 aromatic rings. The fourth-order valence-corrected chi connectivity index (χ4v) is 2.99. The Hall–Kier alpha value is -2.04. The molecule has 5 nitrogen and oxygen atoms in total. The van der Waals surface area contributed by atoms with E-state index < -0.39 is 0 Å². The first kappa shape index (κ1) is 19.3. The van der Waals surface area contributed by atoms with Crippen LogP contribution in [0.15, 0.2) is 24.3 Å². The number of amides is 2. The standard InChI is InChI=1S/C20H30N2O3/c1-14(2)25-18-9-7-16(8-10-18)6-5-15(3)21-20(24)17-11-12-22(4)19(23)13-17/h7-10,14-15,17H,5-6,11-13H2,1-4H3,(H,21,24)/t15-,17-/m1/s1. The van der Waals surface area contributed by atoms with Gasteiger partial charge in [-0.3, -0.25) is 9.59 Å². The van der Waals surface area contributed by atoms with Gasteiger partial charge in [-0.2, -0.15) is 0 Å². The molecule has 1 aliphatic heterocycles. The number of nitrogens with zero attached hydrogens (tertiary/aromatic N) is 1. The van der Waals surface area contributed by atoms with Crippen molar-refractivity contribution in [2.75, 3.05) is 13.6 Å². The molecule has 138 valence electrons. The number of benzene rings is 1. The minimum Gasteiger partial charge on any atom is -0.491 e. The first-order chi connectivity index (χ1) is 11.8. The van der Waals surface area contributed by atoms with Gasteiger partial charge in [0.1, 0.15) is 5.75 Å². The van der Waals surface area contributed by atoms with Crippen molar-refractivity contribution in [1.82, 2.24) is 10.2 Å². The van der Waals surface area contributed by atoms with Crippen molar-refractivity contribution in [3.8, 4) is 5.75 Å². The third kappa shape index (κ3) is 6.07. The molecule has 1 heterocycles. The molecular weight excluding hydrogens is 316 g/mol. The summed E-state index contributed by atoms with van der Waals surface area (Å²) in [6.45, 7) is 6.70. The van der Waals surface area contributed by atoms with E-state index in [0.717, 1.165) is 25.0 Å². The van der Waals surface area contributed by atoms with Crippen LogP contribution in [0.25, 0.3) is 0 Å². The zero-order valence-electron chi connectivity index (χ0n) is 15.7. The Morgan fingerprint density at radius 3 is 2.56 bits per heavy atom. The second-order valence-corrected chi connectivity index (χ2v) is 7.26. The van der Waals surface area contributed by atoms with Gasteiger partial charge in [0.25, 0.3) is 0 Å². The van der Waals surface area contributed by atoms with Gasteiger partial charge in [0.2, 0.25) is 11.8 Å². The summed E-state index contributed by atoms with van der Waals surface area (Å²) in [6, 6.07) is 8.21. The molecule has 1 saturated heterocycles. The number of hydrogen-bond acceptors (Lipinski definition) is 3. The van der Waals surface area contributed by atoms with E-state index in [2.05, 4.69) is 17.4 Å². The molecule has 1 aromatic carbocycles. The monoisotopic (exact) mass is 346 g/mol. The number of aryl methyl sites for hydroxylation is 1. The van der Waals surface area contributed by atoms with Crippen molar-refractivity contribution in [2.45, 2.75) is 58.6 Å². The van der Waals surface area contributed by atoms with E-state index in [1.165, 1.54) is 5.56 Å². The highest BCUT2D eigenvalue weighted by molar-refractivity contribution is 5.86. The van der Waals surface area contributed by atoms with Crippen LogP contribution in [0.1, 0.15) is 45.6 Å². The maximum Gasteiger partial charge on any atom is 0.223 e. The molecule has 2 atom stereocenters. The molecule has 0 unspecified atom stereocenters. The quantitative estimate of drug-likeness (QED) is 0.826. The van der Waals surface area contributed by atoms with Crippen LogP contribution in [0.4, 0.5) is 0 Å². The first-order valence-corrected chi connectivity index (χ1v) is 9.15. The third-order valence-electron chi connectivity index (χ3n) is 4.58. The first-order valence-electron chi connectivity index (χ1n) is 9.15. The van der Waals surface area contributed by atoms with Gasteiger partial charge in [0, 0.05) is 32.0 Å². The van der Waals surface area contributed by atoms with Gasteiger partial charge in [-0.05, 0) is 57.7 Å². The van der Waals surface area contributed by atoms with Crippen molar-refractivity contribution in [1.29, 1.82) is 0 Å². The molecule has 2 amide bonds. The summed E-state index contributed by atoms with van der Waals surface area (Å²) < 4.78 is 5.64. The highest BCUT2D eigenvalue weighted by Gasteiger charge is 2.28. The second kappa shape index (κ2) is 8.88. The van der Waals surface area contributed by atoms with E-state index in [1.54, 1.807) is 11.9 Å². The van der Waals surface area contributed by atoms with Crippen LogP contribution >= 0.6 is 0 Å². The van der Waals surface area contributed by atoms with Gasteiger partial charge < -0.3 is 15.0 Å². The van der Waals surface area contributed by atoms with Crippen LogP contribution in [0, 0.1) is 5.92 Å². The van der Waals surface area contributed by atoms with Crippen LogP contribution in [-0.2, 0) is 16.0 Å². The number of rotatable bonds is 7. The summed E-state index contributed by atoms with van der Waals surface area (Å²) in [5.41, 5.74) is 1.23.